The minimum absolute atomic E-state index is 0.00371. The van der Waals surface area contributed by atoms with Crippen LogP contribution < -0.4 is 5.32 Å². The zero-order valence-electron chi connectivity index (χ0n) is 19.6. The van der Waals surface area contributed by atoms with Crippen LogP contribution in [0.4, 0.5) is 0 Å². The van der Waals surface area contributed by atoms with E-state index in [1.54, 1.807) is 0 Å². The minimum atomic E-state index is -0.901. The lowest BCUT2D eigenvalue weighted by Crippen LogP contribution is -2.72. The molecule has 0 unspecified atom stereocenters. The Morgan fingerprint density at radius 2 is 1.64 bits per heavy atom. The average molecular weight is 446 g/mol. The molecule has 2 aromatic rings. The van der Waals surface area contributed by atoms with Gasteiger partial charge < -0.3 is 10.2 Å². The van der Waals surface area contributed by atoms with Crippen molar-refractivity contribution < 1.29 is 9.59 Å². The summed E-state index contributed by atoms with van der Waals surface area (Å²) < 4.78 is 0. The number of piperazine rings is 1. The SMILES string of the molecule is C[C@]1(C(=O)NC2CCCCCC2)CN2Cc3ccccc3C[C@H]2C(=O)N1Cc1ccccc1. The molecule has 3 aliphatic rings. The topological polar surface area (TPSA) is 52.7 Å². The second-order valence-corrected chi connectivity index (χ2v) is 10.2. The van der Waals surface area contributed by atoms with Gasteiger partial charge in [0.15, 0.2) is 0 Å². The highest BCUT2D eigenvalue weighted by molar-refractivity contribution is 5.95. The average Bonchev–Trinajstić information content (AvgIpc) is 3.10. The summed E-state index contributed by atoms with van der Waals surface area (Å²) in [4.78, 5) is 31.9. The molecule has 1 saturated carbocycles. The second-order valence-electron chi connectivity index (χ2n) is 10.2. The summed E-state index contributed by atoms with van der Waals surface area (Å²) >= 11 is 0. The van der Waals surface area contributed by atoms with E-state index in [0.29, 0.717) is 19.5 Å². The molecule has 0 spiro atoms. The fourth-order valence-electron chi connectivity index (χ4n) is 5.87. The molecule has 2 heterocycles. The summed E-state index contributed by atoms with van der Waals surface area (Å²) in [7, 11) is 0. The van der Waals surface area contributed by atoms with E-state index in [1.807, 2.05) is 48.2 Å². The van der Waals surface area contributed by atoms with Crippen LogP contribution in [0.2, 0.25) is 0 Å². The molecule has 2 atom stereocenters. The van der Waals surface area contributed by atoms with Crippen molar-refractivity contribution in [3.05, 3.63) is 71.3 Å². The maximum Gasteiger partial charge on any atom is 0.247 e. The summed E-state index contributed by atoms with van der Waals surface area (Å²) in [6.07, 6.45) is 7.61. The molecule has 2 aromatic carbocycles. The predicted molar refractivity (Wildman–Crippen MR) is 129 cm³/mol. The highest BCUT2D eigenvalue weighted by atomic mass is 16.2. The fourth-order valence-corrected chi connectivity index (χ4v) is 5.87. The third-order valence-electron chi connectivity index (χ3n) is 7.87. The van der Waals surface area contributed by atoms with Gasteiger partial charge in [0.05, 0.1) is 6.04 Å². The molecule has 1 N–H and O–H groups in total. The predicted octanol–water partition coefficient (Wildman–Crippen LogP) is 4.05. The molecule has 2 amide bonds. The van der Waals surface area contributed by atoms with Crippen molar-refractivity contribution in [2.45, 2.75) is 82.6 Å². The Kier molecular flexibility index (Phi) is 6.24. The van der Waals surface area contributed by atoms with E-state index in [1.165, 1.54) is 36.8 Å². The third kappa shape index (κ3) is 4.43. The molecular formula is C28H35N3O2. The lowest BCUT2D eigenvalue weighted by atomic mass is 9.84. The van der Waals surface area contributed by atoms with Crippen molar-refractivity contribution in [1.29, 1.82) is 0 Å². The lowest BCUT2D eigenvalue weighted by molar-refractivity contribution is -0.163. The quantitative estimate of drug-likeness (QED) is 0.723. The largest absolute Gasteiger partial charge is 0.351 e. The highest BCUT2D eigenvalue weighted by Gasteiger charge is 2.52. The van der Waals surface area contributed by atoms with E-state index in [4.69, 9.17) is 0 Å². The monoisotopic (exact) mass is 445 g/mol. The smallest absolute Gasteiger partial charge is 0.247 e. The van der Waals surface area contributed by atoms with Gasteiger partial charge in [0.2, 0.25) is 11.8 Å². The molecule has 5 nitrogen and oxygen atoms in total. The highest BCUT2D eigenvalue weighted by Crippen LogP contribution is 2.34. The molecule has 1 saturated heterocycles. The van der Waals surface area contributed by atoms with Crippen LogP contribution >= 0.6 is 0 Å². The van der Waals surface area contributed by atoms with Gasteiger partial charge in [0, 0.05) is 25.7 Å². The normalized spacial score (nSPS) is 26.3. The van der Waals surface area contributed by atoms with Crippen molar-refractivity contribution in [3.8, 4) is 0 Å². The zero-order valence-corrected chi connectivity index (χ0v) is 19.6. The summed E-state index contributed by atoms with van der Waals surface area (Å²) in [6, 6.07) is 18.5. The van der Waals surface area contributed by atoms with Crippen LogP contribution in [0, 0.1) is 0 Å². The number of amides is 2. The van der Waals surface area contributed by atoms with Crippen LogP contribution in [-0.2, 0) is 29.1 Å². The minimum Gasteiger partial charge on any atom is -0.351 e. The maximum absolute atomic E-state index is 13.9. The van der Waals surface area contributed by atoms with Gasteiger partial charge in [-0.25, -0.2) is 0 Å². The van der Waals surface area contributed by atoms with E-state index in [2.05, 4.69) is 28.4 Å². The maximum atomic E-state index is 13.9. The lowest BCUT2D eigenvalue weighted by Gasteiger charge is -2.52. The Bertz CT molecular complexity index is 999. The van der Waals surface area contributed by atoms with Crippen molar-refractivity contribution in [2.75, 3.05) is 6.54 Å². The molecule has 174 valence electrons. The molecule has 33 heavy (non-hydrogen) atoms. The number of rotatable bonds is 4. The van der Waals surface area contributed by atoms with Crippen LogP contribution in [-0.4, -0.2) is 45.8 Å². The van der Waals surface area contributed by atoms with E-state index in [9.17, 15) is 9.59 Å². The Morgan fingerprint density at radius 1 is 0.970 bits per heavy atom. The molecule has 5 rings (SSSR count). The van der Waals surface area contributed by atoms with Gasteiger partial charge in [0.1, 0.15) is 5.54 Å². The molecule has 0 bridgehead atoms. The Morgan fingerprint density at radius 3 is 2.36 bits per heavy atom. The van der Waals surface area contributed by atoms with Crippen molar-refractivity contribution in [3.63, 3.8) is 0 Å². The van der Waals surface area contributed by atoms with Gasteiger partial charge in [-0.15, -0.1) is 0 Å². The number of fused-ring (bicyclic) bond motifs is 2. The van der Waals surface area contributed by atoms with E-state index in [0.717, 1.165) is 24.9 Å². The van der Waals surface area contributed by atoms with Gasteiger partial charge in [-0.1, -0.05) is 80.3 Å². The first-order chi connectivity index (χ1) is 16.0. The second kappa shape index (κ2) is 9.30. The molecular weight excluding hydrogens is 410 g/mol. The van der Waals surface area contributed by atoms with E-state index >= 15 is 0 Å². The number of nitrogens with one attached hydrogen (secondary N) is 1. The summed E-state index contributed by atoms with van der Waals surface area (Å²) in [5.74, 6) is 0.0640. The Balaban J connectivity index is 1.45. The van der Waals surface area contributed by atoms with Gasteiger partial charge in [-0.3, -0.25) is 14.5 Å². The van der Waals surface area contributed by atoms with Gasteiger partial charge in [0.25, 0.3) is 0 Å². The number of carbonyl (C=O) groups excluding carboxylic acids is 2. The van der Waals surface area contributed by atoms with Crippen LogP contribution in [0.25, 0.3) is 0 Å². The van der Waals surface area contributed by atoms with E-state index < -0.39 is 5.54 Å². The van der Waals surface area contributed by atoms with Crippen molar-refractivity contribution in [1.82, 2.24) is 15.1 Å². The summed E-state index contributed by atoms with van der Waals surface area (Å²) in [5, 5.41) is 3.36. The molecule has 5 heteroatoms. The Hall–Kier alpha value is -2.66. The van der Waals surface area contributed by atoms with E-state index in [-0.39, 0.29) is 23.9 Å². The van der Waals surface area contributed by atoms with Crippen molar-refractivity contribution >= 4 is 11.8 Å². The van der Waals surface area contributed by atoms with Crippen LogP contribution in [0.5, 0.6) is 0 Å². The number of carbonyl (C=O) groups is 2. The summed E-state index contributed by atoms with van der Waals surface area (Å²) in [6.45, 7) is 3.71. The first kappa shape index (κ1) is 22.1. The molecule has 1 aliphatic carbocycles. The number of nitrogens with zero attached hydrogens (tertiary/aromatic N) is 2. The van der Waals surface area contributed by atoms with Crippen LogP contribution in [0.1, 0.15) is 62.1 Å². The molecule has 2 aliphatic heterocycles. The molecule has 0 aromatic heterocycles. The first-order valence-electron chi connectivity index (χ1n) is 12.5. The standard InChI is InChI=1S/C28H35N3O2/c1-28(27(33)29-24-15-7-2-3-8-16-24)20-30-19-23-14-10-9-13-22(23)17-25(30)26(32)31(28)18-21-11-5-4-6-12-21/h4-6,9-14,24-25H,2-3,7-8,15-20H2,1H3,(H,29,33)/t25-,28+/m0/s1. The molecule has 2 fully saturated rings. The van der Waals surface area contributed by atoms with Gasteiger partial charge >= 0.3 is 0 Å². The van der Waals surface area contributed by atoms with Crippen LogP contribution in [0.15, 0.2) is 54.6 Å². The van der Waals surface area contributed by atoms with Gasteiger partial charge in [-0.2, -0.15) is 0 Å². The van der Waals surface area contributed by atoms with Gasteiger partial charge in [-0.05, 0) is 42.9 Å². The summed E-state index contributed by atoms with van der Waals surface area (Å²) in [5.41, 5.74) is 2.68. The number of benzene rings is 2. The first-order valence-corrected chi connectivity index (χ1v) is 12.5. The molecule has 0 radical (unpaired) electrons. The Labute approximate surface area is 197 Å². The third-order valence-corrected chi connectivity index (χ3v) is 7.87. The number of hydrogen-bond donors (Lipinski definition) is 1. The zero-order chi connectivity index (χ0) is 22.8. The van der Waals surface area contributed by atoms with Crippen LogP contribution in [0.3, 0.4) is 0 Å². The fraction of sp³-hybridized carbons (Fsp3) is 0.500. The number of hydrogen-bond acceptors (Lipinski definition) is 3. The van der Waals surface area contributed by atoms with Crippen molar-refractivity contribution in [2.24, 2.45) is 0 Å².